The van der Waals surface area contributed by atoms with Gasteiger partial charge in [-0.25, -0.2) is 4.98 Å². The first-order valence-corrected chi connectivity index (χ1v) is 10.9. The summed E-state index contributed by atoms with van der Waals surface area (Å²) in [5.41, 5.74) is 1.89. The van der Waals surface area contributed by atoms with E-state index >= 15 is 0 Å². The number of imidazole rings is 1. The van der Waals surface area contributed by atoms with Crippen molar-refractivity contribution < 1.29 is 9.32 Å². The van der Waals surface area contributed by atoms with Gasteiger partial charge in [0, 0.05) is 6.54 Å². The van der Waals surface area contributed by atoms with Crippen molar-refractivity contribution in [1.29, 1.82) is 0 Å². The molecule has 1 unspecified atom stereocenters. The number of amides is 1. The molecule has 1 aliphatic heterocycles. The fraction of sp³-hybridized carbons (Fsp3) is 0.333. The number of likely N-dealkylation sites (tertiary alicyclic amines) is 1. The molecule has 5 rings (SSSR count). The van der Waals surface area contributed by atoms with Gasteiger partial charge in [0.15, 0.2) is 0 Å². The molecule has 0 spiro atoms. The molecule has 0 radical (unpaired) electrons. The molecule has 1 aliphatic rings. The van der Waals surface area contributed by atoms with Crippen LogP contribution in [0.3, 0.4) is 0 Å². The minimum absolute atomic E-state index is 0.0529. The van der Waals surface area contributed by atoms with Gasteiger partial charge >= 0.3 is 0 Å². The van der Waals surface area contributed by atoms with Gasteiger partial charge in [0.2, 0.25) is 17.6 Å². The van der Waals surface area contributed by atoms with Crippen molar-refractivity contribution in [2.24, 2.45) is 5.92 Å². The summed E-state index contributed by atoms with van der Waals surface area (Å²) in [6.07, 6.45) is 1.85. The van der Waals surface area contributed by atoms with Gasteiger partial charge in [-0.1, -0.05) is 23.4 Å². The molecule has 0 aliphatic carbocycles. The Morgan fingerprint density at radius 1 is 1.27 bits per heavy atom. The highest BCUT2D eigenvalue weighted by Crippen LogP contribution is 2.23. The molecular formula is C21H22N6O2S. The molecular weight excluding hydrogens is 400 g/mol. The fourth-order valence-corrected chi connectivity index (χ4v) is 4.48. The Kier molecular flexibility index (Phi) is 5.29. The van der Waals surface area contributed by atoms with Crippen LogP contribution in [0.5, 0.6) is 0 Å². The Bertz CT molecular complexity index is 1100. The third kappa shape index (κ3) is 4.12. The maximum Gasteiger partial charge on any atom is 0.241 e. The Morgan fingerprint density at radius 3 is 3.07 bits per heavy atom. The van der Waals surface area contributed by atoms with Gasteiger partial charge in [0.25, 0.3) is 0 Å². The number of thiophene rings is 1. The van der Waals surface area contributed by atoms with E-state index in [1.165, 1.54) is 0 Å². The number of fused-ring (bicyclic) bond motifs is 1. The predicted octanol–water partition coefficient (Wildman–Crippen LogP) is 3.20. The number of nitrogens with one attached hydrogen (secondary N) is 2. The molecule has 1 aromatic carbocycles. The second-order valence-corrected chi connectivity index (χ2v) is 8.43. The van der Waals surface area contributed by atoms with Crippen molar-refractivity contribution >= 4 is 28.3 Å². The number of carbonyl (C=O) groups is 1. The quantitative estimate of drug-likeness (QED) is 0.495. The number of benzene rings is 1. The summed E-state index contributed by atoms with van der Waals surface area (Å²) in [5, 5.41) is 9.09. The predicted molar refractivity (Wildman–Crippen MR) is 114 cm³/mol. The Labute approximate surface area is 177 Å². The molecule has 0 bridgehead atoms. The van der Waals surface area contributed by atoms with Gasteiger partial charge < -0.3 is 14.8 Å². The van der Waals surface area contributed by atoms with Crippen molar-refractivity contribution in [1.82, 2.24) is 30.3 Å². The summed E-state index contributed by atoms with van der Waals surface area (Å²) in [6, 6.07) is 11.8. The maximum atomic E-state index is 12.7. The lowest BCUT2D eigenvalue weighted by Crippen LogP contribution is -2.42. The van der Waals surface area contributed by atoms with Gasteiger partial charge in [0.05, 0.1) is 34.9 Å². The fourth-order valence-electron chi connectivity index (χ4n) is 3.83. The van der Waals surface area contributed by atoms with E-state index in [1.54, 1.807) is 11.3 Å². The summed E-state index contributed by atoms with van der Waals surface area (Å²) in [5.74, 6) is 1.98. The number of hydrogen-bond donors (Lipinski definition) is 2. The summed E-state index contributed by atoms with van der Waals surface area (Å²) < 4.78 is 5.41. The Hall–Kier alpha value is -3.04. The standard InChI is InChI=1S/C21H22N6O2S/c28-21(22-11-18-23-15-6-1-2-7-16(15)24-18)14-5-3-9-27(12-14)13-19-25-20(26-29-19)17-8-4-10-30-17/h1-2,4,6-8,10,14H,3,5,9,11-13H2,(H,22,28)(H,23,24). The average molecular weight is 423 g/mol. The smallest absolute Gasteiger partial charge is 0.241 e. The van der Waals surface area contributed by atoms with Crippen LogP contribution in [0.1, 0.15) is 24.6 Å². The van der Waals surface area contributed by atoms with E-state index in [0.717, 1.165) is 41.1 Å². The van der Waals surface area contributed by atoms with E-state index in [-0.39, 0.29) is 11.8 Å². The zero-order chi connectivity index (χ0) is 20.3. The largest absolute Gasteiger partial charge is 0.349 e. The summed E-state index contributed by atoms with van der Waals surface area (Å²) in [7, 11) is 0. The molecule has 0 saturated carbocycles. The van der Waals surface area contributed by atoms with Gasteiger partial charge in [-0.05, 0) is 43.0 Å². The molecule has 154 valence electrons. The van der Waals surface area contributed by atoms with Crippen molar-refractivity contribution in [3.63, 3.8) is 0 Å². The monoisotopic (exact) mass is 422 g/mol. The summed E-state index contributed by atoms with van der Waals surface area (Å²) in [4.78, 5) is 28.2. The second-order valence-electron chi connectivity index (χ2n) is 7.48. The number of hydrogen-bond acceptors (Lipinski definition) is 7. The SMILES string of the molecule is O=C(NCc1nc2ccccc2[nH]1)C1CCCN(Cc2nc(-c3cccs3)no2)C1. The minimum Gasteiger partial charge on any atom is -0.349 e. The maximum absolute atomic E-state index is 12.7. The van der Waals surface area contributed by atoms with Gasteiger partial charge in [0.1, 0.15) is 5.82 Å². The molecule has 8 nitrogen and oxygen atoms in total. The lowest BCUT2D eigenvalue weighted by atomic mass is 9.97. The lowest BCUT2D eigenvalue weighted by Gasteiger charge is -2.30. The van der Waals surface area contributed by atoms with Crippen LogP contribution in [-0.2, 0) is 17.9 Å². The summed E-state index contributed by atoms with van der Waals surface area (Å²) >= 11 is 1.59. The van der Waals surface area contributed by atoms with Crippen LogP contribution < -0.4 is 5.32 Å². The van der Waals surface area contributed by atoms with Gasteiger partial charge in [-0.2, -0.15) is 4.98 Å². The van der Waals surface area contributed by atoms with Crippen LogP contribution >= 0.6 is 11.3 Å². The zero-order valence-electron chi connectivity index (χ0n) is 16.4. The van der Waals surface area contributed by atoms with Gasteiger partial charge in [-0.3, -0.25) is 9.69 Å². The first-order valence-electron chi connectivity index (χ1n) is 10.0. The van der Waals surface area contributed by atoms with Crippen LogP contribution in [0.25, 0.3) is 21.7 Å². The molecule has 1 atom stereocenters. The van der Waals surface area contributed by atoms with Crippen LogP contribution in [0.4, 0.5) is 0 Å². The summed E-state index contributed by atoms with van der Waals surface area (Å²) in [6.45, 7) is 2.57. The second kappa shape index (κ2) is 8.37. The van der Waals surface area contributed by atoms with Crippen molar-refractivity contribution in [3.05, 3.63) is 53.5 Å². The number of para-hydroxylation sites is 2. The molecule has 4 heterocycles. The highest BCUT2D eigenvalue weighted by molar-refractivity contribution is 7.13. The Morgan fingerprint density at radius 2 is 2.20 bits per heavy atom. The number of carbonyl (C=O) groups excluding carboxylic acids is 1. The number of aromatic amines is 1. The molecule has 1 amide bonds. The van der Waals surface area contributed by atoms with E-state index in [4.69, 9.17) is 4.52 Å². The van der Waals surface area contributed by atoms with E-state index < -0.39 is 0 Å². The molecule has 9 heteroatoms. The van der Waals surface area contributed by atoms with Crippen molar-refractivity contribution in [3.8, 4) is 10.7 Å². The number of H-pyrrole nitrogens is 1. The molecule has 1 saturated heterocycles. The van der Waals surface area contributed by atoms with Crippen LogP contribution in [-0.4, -0.2) is 44.0 Å². The Balaban J connectivity index is 1.16. The third-order valence-corrected chi connectivity index (χ3v) is 6.18. The van der Waals surface area contributed by atoms with Crippen LogP contribution in [0, 0.1) is 5.92 Å². The average Bonchev–Trinajstić information content (AvgIpc) is 3.52. The highest BCUT2D eigenvalue weighted by atomic mass is 32.1. The third-order valence-electron chi connectivity index (χ3n) is 5.31. The number of nitrogens with zero attached hydrogens (tertiary/aromatic N) is 4. The minimum atomic E-state index is -0.0529. The van der Waals surface area contributed by atoms with Crippen molar-refractivity contribution in [2.45, 2.75) is 25.9 Å². The van der Waals surface area contributed by atoms with Gasteiger partial charge in [-0.15, -0.1) is 11.3 Å². The molecule has 2 N–H and O–H groups in total. The van der Waals surface area contributed by atoms with Crippen molar-refractivity contribution in [2.75, 3.05) is 13.1 Å². The topological polar surface area (TPSA) is 99.9 Å². The highest BCUT2D eigenvalue weighted by Gasteiger charge is 2.27. The number of rotatable bonds is 6. The van der Waals surface area contributed by atoms with Crippen LogP contribution in [0.15, 0.2) is 46.3 Å². The van der Waals surface area contributed by atoms with E-state index in [9.17, 15) is 4.79 Å². The number of aromatic nitrogens is 4. The van der Waals surface area contributed by atoms with Crippen LogP contribution in [0.2, 0.25) is 0 Å². The normalized spacial score (nSPS) is 17.4. The molecule has 30 heavy (non-hydrogen) atoms. The van der Waals surface area contributed by atoms with E-state index in [2.05, 4.69) is 30.3 Å². The zero-order valence-corrected chi connectivity index (χ0v) is 17.2. The van der Waals surface area contributed by atoms with E-state index in [1.807, 2.05) is 41.8 Å². The molecule has 4 aromatic rings. The molecule has 3 aromatic heterocycles. The first-order chi connectivity index (χ1) is 14.7. The van der Waals surface area contributed by atoms with E-state index in [0.29, 0.717) is 31.3 Å². The first kappa shape index (κ1) is 19.0. The number of piperidine rings is 1. The lowest BCUT2D eigenvalue weighted by molar-refractivity contribution is -0.127. The molecule has 1 fully saturated rings.